The lowest BCUT2D eigenvalue weighted by molar-refractivity contribution is 0.0690. The monoisotopic (exact) mass is 268 g/mol. The summed E-state index contributed by atoms with van der Waals surface area (Å²) in [6.07, 6.45) is 6.95. The molecular formula is C13H20N2O2S. The van der Waals surface area contributed by atoms with E-state index in [0.29, 0.717) is 5.82 Å². The molecule has 100 valence electrons. The van der Waals surface area contributed by atoms with Crippen LogP contribution in [0.5, 0.6) is 0 Å². The Morgan fingerprint density at radius 2 is 2.11 bits per heavy atom. The highest BCUT2D eigenvalue weighted by Crippen LogP contribution is 2.07. The van der Waals surface area contributed by atoms with Crippen LogP contribution in [0.4, 0.5) is 5.82 Å². The second-order valence-electron chi connectivity index (χ2n) is 4.05. The van der Waals surface area contributed by atoms with Gasteiger partial charge in [0.2, 0.25) is 0 Å². The van der Waals surface area contributed by atoms with Crippen LogP contribution >= 0.6 is 11.8 Å². The number of hydrogen-bond donors (Lipinski definition) is 2. The molecule has 1 rings (SSSR count). The van der Waals surface area contributed by atoms with E-state index in [1.54, 1.807) is 12.1 Å². The maximum atomic E-state index is 10.7. The molecule has 0 amide bonds. The standard InChI is InChI=1S/C13H20N2O2S/c1-18-10-5-3-2-4-9-14-12-8-6-7-11(15-12)13(16)17/h6-8H,2-5,9-10H2,1H3,(H,14,15)(H,16,17). The van der Waals surface area contributed by atoms with Gasteiger partial charge in [0.25, 0.3) is 0 Å². The number of pyridine rings is 1. The van der Waals surface area contributed by atoms with E-state index in [-0.39, 0.29) is 5.69 Å². The van der Waals surface area contributed by atoms with Gasteiger partial charge in [-0.25, -0.2) is 9.78 Å². The van der Waals surface area contributed by atoms with Gasteiger partial charge in [0, 0.05) is 6.54 Å². The summed E-state index contributed by atoms with van der Waals surface area (Å²) in [5, 5.41) is 12.0. The van der Waals surface area contributed by atoms with Crippen LogP contribution in [0, 0.1) is 0 Å². The van der Waals surface area contributed by atoms with E-state index in [4.69, 9.17) is 5.11 Å². The van der Waals surface area contributed by atoms with E-state index in [0.717, 1.165) is 13.0 Å². The first-order valence-corrected chi connectivity index (χ1v) is 7.56. The van der Waals surface area contributed by atoms with Crippen LogP contribution < -0.4 is 5.32 Å². The molecule has 18 heavy (non-hydrogen) atoms. The molecule has 2 N–H and O–H groups in total. The van der Waals surface area contributed by atoms with Crippen LogP contribution in [-0.4, -0.2) is 34.6 Å². The van der Waals surface area contributed by atoms with Crippen LogP contribution in [-0.2, 0) is 0 Å². The first-order chi connectivity index (χ1) is 8.74. The molecular weight excluding hydrogens is 248 g/mol. The second kappa shape index (κ2) is 8.80. The predicted octanol–water partition coefficient (Wildman–Crippen LogP) is 3.12. The van der Waals surface area contributed by atoms with E-state index in [2.05, 4.69) is 16.6 Å². The highest BCUT2D eigenvalue weighted by Gasteiger charge is 2.04. The topological polar surface area (TPSA) is 62.2 Å². The number of anilines is 1. The van der Waals surface area contributed by atoms with Crippen molar-refractivity contribution in [3.8, 4) is 0 Å². The van der Waals surface area contributed by atoms with Gasteiger partial charge >= 0.3 is 5.97 Å². The lowest BCUT2D eigenvalue weighted by atomic mass is 10.2. The fourth-order valence-electron chi connectivity index (χ4n) is 1.59. The number of carboxylic acids is 1. The quantitative estimate of drug-likeness (QED) is 0.674. The van der Waals surface area contributed by atoms with Crippen molar-refractivity contribution in [2.75, 3.05) is 23.9 Å². The molecule has 0 spiro atoms. The van der Waals surface area contributed by atoms with E-state index in [1.807, 2.05) is 11.8 Å². The predicted molar refractivity (Wildman–Crippen MR) is 76.5 cm³/mol. The molecule has 0 aromatic carbocycles. The summed E-state index contributed by atoms with van der Waals surface area (Å²) >= 11 is 1.89. The van der Waals surface area contributed by atoms with E-state index >= 15 is 0 Å². The van der Waals surface area contributed by atoms with Gasteiger partial charge in [-0.05, 0) is 37.0 Å². The summed E-state index contributed by atoms with van der Waals surface area (Å²) in [6.45, 7) is 0.843. The van der Waals surface area contributed by atoms with Gasteiger partial charge in [-0.1, -0.05) is 18.9 Å². The number of carbonyl (C=O) groups is 1. The third-order valence-corrected chi connectivity index (χ3v) is 3.25. The Morgan fingerprint density at radius 1 is 1.33 bits per heavy atom. The number of thioether (sulfide) groups is 1. The molecule has 1 heterocycles. The lowest BCUT2D eigenvalue weighted by Gasteiger charge is -2.06. The summed E-state index contributed by atoms with van der Waals surface area (Å²) in [6, 6.07) is 4.99. The minimum Gasteiger partial charge on any atom is -0.477 e. The van der Waals surface area contributed by atoms with Crippen LogP contribution in [0.2, 0.25) is 0 Å². The number of rotatable bonds is 9. The zero-order chi connectivity index (χ0) is 13.2. The summed E-state index contributed by atoms with van der Waals surface area (Å²) in [5.74, 6) is 0.880. The van der Waals surface area contributed by atoms with Crippen molar-refractivity contribution >= 4 is 23.5 Å². The molecule has 0 atom stereocenters. The van der Waals surface area contributed by atoms with Gasteiger partial charge in [0.05, 0.1) is 0 Å². The van der Waals surface area contributed by atoms with Gasteiger partial charge in [-0.15, -0.1) is 0 Å². The highest BCUT2D eigenvalue weighted by molar-refractivity contribution is 7.98. The highest BCUT2D eigenvalue weighted by atomic mass is 32.2. The molecule has 0 aliphatic heterocycles. The number of carboxylic acid groups (broad SMARTS) is 1. The molecule has 4 nitrogen and oxygen atoms in total. The van der Waals surface area contributed by atoms with E-state index < -0.39 is 5.97 Å². The summed E-state index contributed by atoms with van der Waals surface area (Å²) in [5.41, 5.74) is 0.0833. The van der Waals surface area contributed by atoms with Gasteiger partial charge < -0.3 is 10.4 Å². The molecule has 0 unspecified atom stereocenters. The smallest absolute Gasteiger partial charge is 0.354 e. The van der Waals surface area contributed by atoms with E-state index in [1.165, 1.54) is 31.1 Å². The van der Waals surface area contributed by atoms with Gasteiger partial charge in [-0.3, -0.25) is 0 Å². The van der Waals surface area contributed by atoms with Crippen molar-refractivity contribution in [2.45, 2.75) is 25.7 Å². The molecule has 1 aromatic heterocycles. The van der Waals surface area contributed by atoms with Crippen molar-refractivity contribution < 1.29 is 9.90 Å². The number of hydrogen-bond acceptors (Lipinski definition) is 4. The summed E-state index contributed by atoms with van der Waals surface area (Å²) in [7, 11) is 0. The molecule has 0 radical (unpaired) electrons. The normalized spacial score (nSPS) is 10.3. The number of aromatic nitrogens is 1. The van der Waals surface area contributed by atoms with Gasteiger partial charge in [0.15, 0.2) is 5.69 Å². The Kier molecular flexibility index (Phi) is 7.25. The second-order valence-corrected chi connectivity index (χ2v) is 5.03. The summed E-state index contributed by atoms with van der Waals surface area (Å²) in [4.78, 5) is 14.7. The van der Waals surface area contributed by atoms with Crippen molar-refractivity contribution in [1.29, 1.82) is 0 Å². The third-order valence-electron chi connectivity index (χ3n) is 2.55. The van der Waals surface area contributed by atoms with Crippen molar-refractivity contribution in [2.24, 2.45) is 0 Å². The third kappa shape index (κ3) is 5.91. The minimum atomic E-state index is -0.990. The molecule has 1 aromatic rings. The molecule has 0 fully saturated rings. The Labute approximate surface area is 112 Å². The number of nitrogens with zero attached hydrogens (tertiary/aromatic N) is 1. The molecule has 0 aliphatic carbocycles. The largest absolute Gasteiger partial charge is 0.477 e. The maximum Gasteiger partial charge on any atom is 0.354 e. The van der Waals surface area contributed by atoms with E-state index in [9.17, 15) is 4.79 Å². The van der Waals surface area contributed by atoms with Crippen LogP contribution in [0.15, 0.2) is 18.2 Å². The van der Waals surface area contributed by atoms with Crippen molar-refractivity contribution in [3.05, 3.63) is 23.9 Å². The Bertz CT molecular complexity index is 372. The van der Waals surface area contributed by atoms with Crippen molar-refractivity contribution in [3.63, 3.8) is 0 Å². The van der Waals surface area contributed by atoms with Crippen LogP contribution in [0.3, 0.4) is 0 Å². The Balaban J connectivity index is 2.19. The molecule has 0 bridgehead atoms. The lowest BCUT2D eigenvalue weighted by Crippen LogP contribution is -2.06. The Hall–Kier alpha value is -1.23. The van der Waals surface area contributed by atoms with Crippen LogP contribution in [0.1, 0.15) is 36.2 Å². The molecule has 0 saturated carbocycles. The Morgan fingerprint density at radius 3 is 2.83 bits per heavy atom. The molecule has 5 heteroatoms. The number of nitrogens with one attached hydrogen (secondary N) is 1. The average Bonchev–Trinajstić information content (AvgIpc) is 2.38. The number of unbranched alkanes of at least 4 members (excludes halogenated alkanes) is 3. The molecule has 0 aliphatic rings. The fourth-order valence-corrected chi connectivity index (χ4v) is 2.09. The fraction of sp³-hybridized carbons (Fsp3) is 0.538. The number of aromatic carboxylic acids is 1. The maximum absolute atomic E-state index is 10.7. The zero-order valence-electron chi connectivity index (χ0n) is 10.7. The zero-order valence-corrected chi connectivity index (χ0v) is 11.5. The first-order valence-electron chi connectivity index (χ1n) is 6.17. The first kappa shape index (κ1) is 14.8. The SMILES string of the molecule is CSCCCCCCNc1cccc(C(=O)O)n1. The average molecular weight is 268 g/mol. The van der Waals surface area contributed by atoms with Gasteiger partial charge in [0.1, 0.15) is 5.82 Å². The summed E-state index contributed by atoms with van der Waals surface area (Å²) < 4.78 is 0. The minimum absolute atomic E-state index is 0.0833. The molecule has 0 saturated heterocycles. The van der Waals surface area contributed by atoms with Gasteiger partial charge in [-0.2, -0.15) is 11.8 Å². The van der Waals surface area contributed by atoms with Crippen molar-refractivity contribution in [1.82, 2.24) is 4.98 Å². The van der Waals surface area contributed by atoms with Crippen LogP contribution in [0.25, 0.3) is 0 Å².